The zero-order valence-electron chi connectivity index (χ0n) is 15.6. The molecule has 0 aromatic heterocycles. The van der Waals surface area contributed by atoms with Crippen molar-refractivity contribution < 1.29 is 17.9 Å². The van der Waals surface area contributed by atoms with Gasteiger partial charge in [-0.15, -0.1) is 0 Å². The number of fused-ring (bicyclic) bond motifs is 1. The maximum Gasteiger partial charge on any atom is 0.268 e. The Morgan fingerprint density at radius 3 is 2.59 bits per heavy atom. The molecule has 1 amide bonds. The van der Waals surface area contributed by atoms with Gasteiger partial charge in [0.25, 0.3) is 5.91 Å². The number of ether oxygens (including phenoxy) is 1. The van der Waals surface area contributed by atoms with Crippen molar-refractivity contribution in [1.29, 1.82) is 0 Å². The van der Waals surface area contributed by atoms with E-state index in [9.17, 15) is 13.2 Å². The summed E-state index contributed by atoms with van der Waals surface area (Å²) < 4.78 is 31.8. The fourth-order valence-electron chi connectivity index (χ4n) is 4.27. The molecule has 27 heavy (non-hydrogen) atoms. The molecular formula is C20H26N2O4S. The fraction of sp³-hybridized carbons (Fsp3) is 0.550. The first kappa shape index (κ1) is 18.5. The number of hydrogen-bond donors (Lipinski definition) is 1. The number of carbonyl (C=O) groups is 1. The molecule has 2 aliphatic heterocycles. The number of rotatable bonds is 3. The lowest BCUT2D eigenvalue weighted by Gasteiger charge is -2.32. The third-order valence-electron chi connectivity index (χ3n) is 5.88. The maximum absolute atomic E-state index is 13.2. The summed E-state index contributed by atoms with van der Waals surface area (Å²) in [7, 11) is -3.83. The molecule has 6 nitrogen and oxygen atoms in total. The summed E-state index contributed by atoms with van der Waals surface area (Å²) in [6, 6.07) is 7.10. The Kier molecular flexibility index (Phi) is 4.99. The van der Waals surface area contributed by atoms with Crippen LogP contribution in [-0.2, 0) is 19.4 Å². The maximum atomic E-state index is 13.2. The first-order valence-corrected chi connectivity index (χ1v) is 11.2. The highest BCUT2D eigenvalue weighted by atomic mass is 32.2. The average Bonchev–Trinajstić information content (AvgIpc) is 2.91. The van der Waals surface area contributed by atoms with E-state index in [1.165, 1.54) is 6.42 Å². The number of amides is 1. The minimum Gasteiger partial charge on any atom is -0.380 e. The largest absolute Gasteiger partial charge is 0.380 e. The smallest absolute Gasteiger partial charge is 0.268 e. The van der Waals surface area contributed by atoms with E-state index in [0.717, 1.165) is 19.3 Å². The van der Waals surface area contributed by atoms with Crippen LogP contribution in [0.3, 0.4) is 0 Å². The van der Waals surface area contributed by atoms with E-state index < -0.39 is 15.7 Å². The van der Waals surface area contributed by atoms with E-state index in [4.69, 9.17) is 4.74 Å². The van der Waals surface area contributed by atoms with Crippen LogP contribution in [0, 0.1) is 5.92 Å². The number of nitrogens with zero attached hydrogens (tertiary/aromatic N) is 1. The van der Waals surface area contributed by atoms with Gasteiger partial charge in [0.1, 0.15) is 0 Å². The van der Waals surface area contributed by atoms with E-state index >= 15 is 0 Å². The molecule has 1 aromatic rings. The van der Waals surface area contributed by atoms with Crippen LogP contribution in [0.4, 0.5) is 0 Å². The van der Waals surface area contributed by atoms with Gasteiger partial charge < -0.3 is 15.0 Å². The van der Waals surface area contributed by atoms with Crippen molar-refractivity contribution in [2.75, 3.05) is 26.3 Å². The summed E-state index contributed by atoms with van der Waals surface area (Å²) in [4.78, 5) is 14.9. The van der Waals surface area contributed by atoms with Gasteiger partial charge in [-0.1, -0.05) is 38.0 Å². The summed E-state index contributed by atoms with van der Waals surface area (Å²) >= 11 is 0. The van der Waals surface area contributed by atoms with Gasteiger partial charge in [0.05, 0.1) is 23.8 Å². The number of benzene rings is 1. The number of sulfone groups is 1. The highest BCUT2D eigenvalue weighted by Gasteiger charge is 2.42. The van der Waals surface area contributed by atoms with Crippen LogP contribution in [0.2, 0.25) is 0 Å². The summed E-state index contributed by atoms with van der Waals surface area (Å²) in [6.45, 7) is 3.90. The Bertz CT molecular complexity index is 872. The van der Waals surface area contributed by atoms with E-state index in [0.29, 0.717) is 43.5 Å². The highest BCUT2D eigenvalue weighted by Crippen LogP contribution is 2.40. The molecule has 1 aromatic carbocycles. The normalized spacial score (nSPS) is 27.4. The topological polar surface area (TPSA) is 75.7 Å². The molecule has 0 spiro atoms. The second-order valence-electron chi connectivity index (χ2n) is 7.62. The van der Waals surface area contributed by atoms with E-state index in [-0.39, 0.29) is 15.8 Å². The summed E-state index contributed by atoms with van der Waals surface area (Å²) in [6.07, 6.45) is 4.43. The molecule has 146 valence electrons. The predicted molar refractivity (Wildman–Crippen MR) is 103 cm³/mol. The van der Waals surface area contributed by atoms with Crippen LogP contribution >= 0.6 is 0 Å². The lowest BCUT2D eigenvalue weighted by atomic mass is 9.85. The van der Waals surface area contributed by atoms with Crippen LogP contribution in [0.25, 0.3) is 5.70 Å². The van der Waals surface area contributed by atoms with Gasteiger partial charge in [-0.05, 0) is 24.8 Å². The zero-order valence-corrected chi connectivity index (χ0v) is 16.4. The molecule has 2 heterocycles. The third kappa shape index (κ3) is 3.27. The van der Waals surface area contributed by atoms with E-state index in [1.807, 2.05) is 6.07 Å². The molecule has 1 saturated carbocycles. The molecule has 7 heteroatoms. The second-order valence-corrected chi connectivity index (χ2v) is 9.48. The second kappa shape index (κ2) is 7.28. The molecule has 3 aliphatic rings. The van der Waals surface area contributed by atoms with Crippen molar-refractivity contribution in [1.82, 2.24) is 10.2 Å². The lowest BCUT2D eigenvalue weighted by molar-refractivity contribution is -0.130. The molecule has 0 bridgehead atoms. The molecule has 0 unspecified atom stereocenters. The SMILES string of the molecule is C[C@@H]1CCCC[C@H]1NC1=C(C(=O)N2CCOCC2)S(=O)(=O)c2ccccc21. The zero-order chi connectivity index (χ0) is 19.0. The van der Waals surface area contributed by atoms with Crippen molar-refractivity contribution in [3.63, 3.8) is 0 Å². The standard InChI is InChI=1S/C20H26N2O4S/c1-14-6-2-4-8-16(14)21-18-15-7-3-5-9-17(15)27(24,25)19(18)20(23)22-10-12-26-13-11-22/h3,5,7,9,14,16,21H,2,4,6,8,10-13H2,1H3/t14-,16-/m1/s1. The number of carbonyl (C=O) groups excluding carboxylic acids is 1. The molecule has 1 saturated heterocycles. The quantitative estimate of drug-likeness (QED) is 0.856. The number of hydrogen-bond acceptors (Lipinski definition) is 5. The van der Waals surface area contributed by atoms with Crippen molar-refractivity contribution in [2.24, 2.45) is 5.92 Å². The Hall–Kier alpha value is -1.86. The molecule has 2 atom stereocenters. The highest BCUT2D eigenvalue weighted by molar-refractivity contribution is 7.97. The van der Waals surface area contributed by atoms with Gasteiger partial charge in [-0.3, -0.25) is 4.79 Å². The Labute approximate surface area is 160 Å². The minimum atomic E-state index is -3.83. The van der Waals surface area contributed by atoms with Crippen LogP contribution in [0.5, 0.6) is 0 Å². The van der Waals surface area contributed by atoms with Gasteiger partial charge in [0, 0.05) is 24.7 Å². The first-order chi connectivity index (χ1) is 13.0. The Morgan fingerprint density at radius 2 is 1.85 bits per heavy atom. The van der Waals surface area contributed by atoms with E-state index in [1.54, 1.807) is 23.1 Å². The molecule has 4 rings (SSSR count). The van der Waals surface area contributed by atoms with Crippen molar-refractivity contribution in [3.05, 3.63) is 34.7 Å². The van der Waals surface area contributed by atoms with E-state index in [2.05, 4.69) is 12.2 Å². The third-order valence-corrected chi connectivity index (χ3v) is 7.73. The molecule has 1 N–H and O–H groups in total. The first-order valence-electron chi connectivity index (χ1n) is 9.72. The van der Waals surface area contributed by atoms with Crippen molar-refractivity contribution >= 4 is 21.4 Å². The number of nitrogens with one attached hydrogen (secondary N) is 1. The van der Waals surface area contributed by atoms with Gasteiger partial charge in [-0.25, -0.2) is 8.42 Å². The van der Waals surface area contributed by atoms with Gasteiger partial charge in [0.15, 0.2) is 4.91 Å². The molecule has 0 radical (unpaired) electrons. The molecular weight excluding hydrogens is 364 g/mol. The monoisotopic (exact) mass is 390 g/mol. The molecule has 2 fully saturated rings. The summed E-state index contributed by atoms with van der Waals surface area (Å²) in [5.74, 6) is 0.0296. The average molecular weight is 391 g/mol. The van der Waals surface area contributed by atoms with Crippen LogP contribution in [0.1, 0.15) is 38.2 Å². The van der Waals surface area contributed by atoms with Crippen LogP contribution < -0.4 is 5.32 Å². The number of morpholine rings is 1. The molecule has 1 aliphatic carbocycles. The van der Waals surface area contributed by atoms with Crippen LogP contribution in [0.15, 0.2) is 34.1 Å². The Balaban J connectivity index is 1.77. The lowest BCUT2D eigenvalue weighted by Crippen LogP contribution is -2.43. The van der Waals surface area contributed by atoms with Crippen LogP contribution in [-0.4, -0.2) is 51.6 Å². The summed E-state index contributed by atoms with van der Waals surface area (Å²) in [5.41, 5.74) is 1.10. The van der Waals surface area contributed by atoms with Gasteiger partial charge >= 0.3 is 0 Å². The minimum absolute atomic E-state index is 0.0941. The van der Waals surface area contributed by atoms with Gasteiger partial charge in [-0.2, -0.15) is 0 Å². The Morgan fingerprint density at radius 1 is 1.15 bits per heavy atom. The fourth-order valence-corrected chi connectivity index (χ4v) is 6.00. The van der Waals surface area contributed by atoms with Crippen molar-refractivity contribution in [3.8, 4) is 0 Å². The van der Waals surface area contributed by atoms with Crippen molar-refractivity contribution in [2.45, 2.75) is 43.5 Å². The van der Waals surface area contributed by atoms with Gasteiger partial charge in [0.2, 0.25) is 9.84 Å². The predicted octanol–water partition coefficient (Wildman–Crippen LogP) is 2.17. The summed E-state index contributed by atoms with van der Waals surface area (Å²) in [5, 5.41) is 3.47.